The highest BCUT2D eigenvalue weighted by atomic mass is 35.5. The second-order valence-corrected chi connectivity index (χ2v) is 8.50. The molecule has 0 unspecified atom stereocenters. The Morgan fingerprint density at radius 3 is 2.67 bits per heavy atom. The average molecular weight is 492 g/mol. The van der Waals surface area contributed by atoms with Crippen LogP contribution in [-0.2, 0) is 0 Å². The molecule has 0 atom stereocenters. The summed E-state index contributed by atoms with van der Waals surface area (Å²) in [6.45, 7) is 0. The van der Waals surface area contributed by atoms with Gasteiger partial charge in [-0.25, -0.2) is 9.97 Å². The van der Waals surface area contributed by atoms with Crippen LogP contribution in [0.3, 0.4) is 0 Å². The predicted molar refractivity (Wildman–Crippen MR) is 132 cm³/mol. The fraction of sp³-hybridized carbons (Fsp3) is 0. The minimum atomic E-state index is 0.366. The number of hydrogen-bond acceptors (Lipinski definition) is 8. The number of pyridine rings is 1. The molecule has 2 aromatic carbocycles. The van der Waals surface area contributed by atoms with Crippen LogP contribution in [-0.4, -0.2) is 30.3 Å². The molecule has 2 N–H and O–H groups in total. The van der Waals surface area contributed by atoms with Crippen molar-refractivity contribution in [1.29, 1.82) is 0 Å². The number of hydrogen-bond donors (Lipinski definition) is 2. The molecule has 0 aliphatic carbocycles. The molecule has 0 spiro atoms. The first-order valence-corrected chi connectivity index (χ1v) is 11.2. The van der Waals surface area contributed by atoms with Gasteiger partial charge in [-0.3, -0.25) is 4.98 Å². The lowest BCUT2D eigenvalue weighted by molar-refractivity contribution is 0.465. The molecule has 162 valence electrons. The number of anilines is 2. The van der Waals surface area contributed by atoms with Crippen LogP contribution in [0.1, 0.15) is 0 Å². The lowest BCUT2D eigenvalue weighted by Gasteiger charge is -2.12. The van der Waals surface area contributed by atoms with Crippen molar-refractivity contribution < 1.29 is 4.42 Å². The maximum Gasteiger partial charge on any atom is 0.283 e. The third-order valence-electron chi connectivity index (χ3n) is 4.44. The maximum atomic E-state index is 6.03. The molecule has 0 radical (unpaired) electrons. The summed E-state index contributed by atoms with van der Waals surface area (Å²) in [6.07, 6.45) is 4.85. The number of rotatable bonds is 5. The largest absolute Gasteiger partial charge is 0.411 e. The van der Waals surface area contributed by atoms with Gasteiger partial charge in [-0.1, -0.05) is 17.7 Å². The van der Waals surface area contributed by atoms with Crippen LogP contribution in [0, 0.1) is 0 Å². The molecule has 8 nitrogen and oxygen atoms in total. The van der Waals surface area contributed by atoms with Crippen molar-refractivity contribution in [1.82, 2.24) is 25.1 Å². The fourth-order valence-corrected chi connectivity index (χ4v) is 4.16. The molecule has 0 saturated carbocycles. The third kappa shape index (κ3) is 5.08. The second-order valence-electron chi connectivity index (χ2n) is 6.72. The lowest BCUT2D eigenvalue weighted by Crippen LogP contribution is -2.19. The van der Waals surface area contributed by atoms with Gasteiger partial charge in [0.2, 0.25) is 5.89 Å². The normalized spacial score (nSPS) is 10.8. The molecule has 0 amide bonds. The number of fused-ring (bicyclic) bond motifs is 1. The molecule has 3 aromatic heterocycles. The van der Waals surface area contributed by atoms with Crippen LogP contribution in [0.25, 0.3) is 22.4 Å². The molecule has 0 bridgehead atoms. The molecule has 33 heavy (non-hydrogen) atoms. The van der Waals surface area contributed by atoms with Crippen molar-refractivity contribution in [2.24, 2.45) is 0 Å². The molecule has 0 aliphatic heterocycles. The molecule has 5 aromatic rings. The van der Waals surface area contributed by atoms with Gasteiger partial charge in [0, 0.05) is 34.2 Å². The van der Waals surface area contributed by atoms with Gasteiger partial charge in [-0.05, 0) is 72.5 Å². The van der Waals surface area contributed by atoms with E-state index in [1.54, 1.807) is 24.5 Å². The number of halogens is 1. The summed E-state index contributed by atoms with van der Waals surface area (Å²) < 4.78 is 5.78. The van der Waals surface area contributed by atoms with Crippen LogP contribution >= 0.6 is 35.6 Å². The van der Waals surface area contributed by atoms with Gasteiger partial charge in [-0.2, -0.15) is 0 Å². The standard InChI is InChI=1S/C22H14ClN7OS2/c23-14-4-1-5-15(9-14)27-21(32)28-16-6-7-18-17(10-16)20(26-12-25-18)33-22-30-29-19(31-22)13-3-2-8-24-11-13/h1-12H,(H2,27,28,32). The van der Waals surface area contributed by atoms with Crippen LogP contribution in [0.5, 0.6) is 0 Å². The SMILES string of the molecule is S=C(Nc1cccc(Cl)c1)Nc1ccc2ncnc(Sc3nnc(-c4cccnc4)o3)c2c1. The molecule has 0 aliphatic rings. The van der Waals surface area contributed by atoms with E-state index in [-0.39, 0.29) is 0 Å². The van der Waals surface area contributed by atoms with Gasteiger partial charge >= 0.3 is 0 Å². The zero-order valence-electron chi connectivity index (χ0n) is 16.8. The number of nitrogens with one attached hydrogen (secondary N) is 2. The van der Waals surface area contributed by atoms with Crippen LogP contribution in [0.2, 0.25) is 5.02 Å². The van der Waals surface area contributed by atoms with E-state index in [0.29, 0.717) is 26.3 Å². The molecular formula is C22H14ClN7OS2. The van der Waals surface area contributed by atoms with Crippen molar-refractivity contribution in [3.8, 4) is 11.5 Å². The van der Waals surface area contributed by atoms with Crippen LogP contribution in [0.15, 0.2) is 88.0 Å². The third-order valence-corrected chi connectivity index (χ3v) is 5.74. The summed E-state index contributed by atoms with van der Waals surface area (Å²) in [7, 11) is 0. The first-order valence-electron chi connectivity index (χ1n) is 9.64. The summed E-state index contributed by atoms with van der Waals surface area (Å²) in [5, 5.41) is 17.4. The Bertz CT molecular complexity index is 1450. The van der Waals surface area contributed by atoms with Gasteiger partial charge in [0.05, 0.1) is 11.1 Å². The summed E-state index contributed by atoms with van der Waals surface area (Å²) in [5.74, 6) is 0.392. The molecule has 5 rings (SSSR count). The monoisotopic (exact) mass is 491 g/mol. The van der Waals surface area contributed by atoms with E-state index in [2.05, 4.69) is 35.8 Å². The van der Waals surface area contributed by atoms with E-state index >= 15 is 0 Å². The Balaban J connectivity index is 1.36. The van der Waals surface area contributed by atoms with E-state index in [1.807, 2.05) is 42.5 Å². The number of benzene rings is 2. The van der Waals surface area contributed by atoms with Crippen molar-refractivity contribution >= 4 is 63.0 Å². The number of nitrogens with zero attached hydrogens (tertiary/aromatic N) is 5. The van der Waals surface area contributed by atoms with Crippen LogP contribution < -0.4 is 10.6 Å². The lowest BCUT2D eigenvalue weighted by atomic mass is 10.2. The summed E-state index contributed by atoms with van der Waals surface area (Å²) in [6, 6.07) is 16.7. The Labute approximate surface area is 202 Å². The van der Waals surface area contributed by atoms with E-state index in [9.17, 15) is 0 Å². The molecule has 3 heterocycles. The molecular weight excluding hydrogens is 478 g/mol. The Kier molecular flexibility index (Phi) is 6.11. The van der Waals surface area contributed by atoms with Gasteiger partial charge in [0.25, 0.3) is 5.22 Å². The van der Waals surface area contributed by atoms with Gasteiger partial charge in [0.1, 0.15) is 11.4 Å². The summed E-state index contributed by atoms with van der Waals surface area (Å²) in [4.78, 5) is 12.8. The predicted octanol–water partition coefficient (Wildman–Crippen LogP) is 5.69. The zero-order chi connectivity index (χ0) is 22.6. The highest BCUT2D eigenvalue weighted by Gasteiger charge is 2.14. The highest BCUT2D eigenvalue weighted by molar-refractivity contribution is 7.99. The van der Waals surface area contributed by atoms with Crippen LogP contribution in [0.4, 0.5) is 11.4 Å². The topological polar surface area (TPSA) is 102 Å². The first-order chi connectivity index (χ1) is 16.1. The van der Waals surface area contributed by atoms with Gasteiger partial charge in [-0.15, -0.1) is 10.2 Å². The average Bonchev–Trinajstić information content (AvgIpc) is 3.29. The first kappa shape index (κ1) is 21.3. The van der Waals surface area contributed by atoms with Gasteiger partial charge < -0.3 is 15.1 Å². The summed E-state index contributed by atoms with van der Waals surface area (Å²) in [5.41, 5.74) is 3.09. The van der Waals surface area contributed by atoms with Crippen molar-refractivity contribution in [3.05, 3.63) is 78.3 Å². The van der Waals surface area contributed by atoms with E-state index in [0.717, 1.165) is 27.8 Å². The highest BCUT2D eigenvalue weighted by Crippen LogP contribution is 2.33. The van der Waals surface area contributed by atoms with E-state index in [4.69, 9.17) is 28.2 Å². The Morgan fingerprint density at radius 2 is 1.85 bits per heavy atom. The molecule has 11 heteroatoms. The quantitative estimate of drug-likeness (QED) is 0.235. The van der Waals surface area contributed by atoms with E-state index < -0.39 is 0 Å². The zero-order valence-corrected chi connectivity index (χ0v) is 19.2. The fourth-order valence-electron chi connectivity index (χ4n) is 2.99. The minimum Gasteiger partial charge on any atom is -0.411 e. The van der Waals surface area contributed by atoms with E-state index in [1.165, 1.54) is 18.1 Å². The van der Waals surface area contributed by atoms with Crippen molar-refractivity contribution in [3.63, 3.8) is 0 Å². The van der Waals surface area contributed by atoms with Crippen molar-refractivity contribution in [2.75, 3.05) is 10.6 Å². The smallest absolute Gasteiger partial charge is 0.283 e. The summed E-state index contributed by atoms with van der Waals surface area (Å²) >= 11 is 12.7. The minimum absolute atomic E-state index is 0.366. The molecule has 0 fully saturated rings. The second kappa shape index (κ2) is 9.49. The number of thiocarbonyl (C=S) groups is 1. The van der Waals surface area contributed by atoms with Crippen molar-refractivity contribution in [2.45, 2.75) is 10.2 Å². The van der Waals surface area contributed by atoms with Gasteiger partial charge in [0.15, 0.2) is 5.11 Å². The maximum absolute atomic E-state index is 6.03. The Morgan fingerprint density at radius 1 is 0.970 bits per heavy atom. The molecule has 0 saturated heterocycles. The Hall–Kier alpha value is -3.60. The number of aromatic nitrogens is 5.